The minimum atomic E-state index is -1.23. The van der Waals surface area contributed by atoms with E-state index in [1.165, 1.54) is 0 Å². The smallest absolute Gasteiger partial charge is 0.328 e. The number of carbonyl (C=O) groups excluding carboxylic acids is 1. The van der Waals surface area contributed by atoms with E-state index in [2.05, 4.69) is 10.6 Å². The predicted octanol–water partition coefficient (Wildman–Crippen LogP) is -1.56. The van der Waals surface area contributed by atoms with Crippen molar-refractivity contribution in [2.24, 2.45) is 0 Å². The zero-order chi connectivity index (χ0) is 12.0. The van der Waals surface area contributed by atoms with E-state index in [0.29, 0.717) is 19.6 Å². The molecule has 1 heterocycles. The minimum Gasteiger partial charge on any atom is -0.480 e. The van der Waals surface area contributed by atoms with Gasteiger partial charge in [-0.05, 0) is 13.0 Å². The molecular weight excluding hydrogens is 214 g/mol. The number of aliphatic carboxylic acids is 1. The third kappa shape index (κ3) is 3.67. The second-order valence-electron chi connectivity index (χ2n) is 3.61. The van der Waals surface area contributed by atoms with Crippen molar-refractivity contribution < 1.29 is 19.8 Å². The molecule has 1 fully saturated rings. The van der Waals surface area contributed by atoms with Crippen LogP contribution < -0.4 is 10.6 Å². The van der Waals surface area contributed by atoms with Crippen LogP contribution in [0.15, 0.2) is 0 Å². The van der Waals surface area contributed by atoms with Crippen LogP contribution in [-0.2, 0) is 4.79 Å². The fourth-order valence-electron chi connectivity index (χ4n) is 1.47. The molecule has 0 bridgehead atoms. The molecule has 92 valence electrons. The highest BCUT2D eigenvalue weighted by atomic mass is 16.4. The van der Waals surface area contributed by atoms with Gasteiger partial charge in [0.1, 0.15) is 0 Å². The summed E-state index contributed by atoms with van der Waals surface area (Å²) >= 11 is 0. The van der Waals surface area contributed by atoms with Gasteiger partial charge in [-0.3, -0.25) is 0 Å². The number of carboxylic acids is 1. The van der Waals surface area contributed by atoms with Gasteiger partial charge in [0.15, 0.2) is 6.04 Å². The fourth-order valence-corrected chi connectivity index (χ4v) is 1.47. The van der Waals surface area contributed by atoms with Crippen molar-refractivity contribution in [2.75, 3.05) is 32.8 Å². The summed E-state index contributed by atoms with van der Waals surface area (Å²) in [4.78, 5) is 23.8. The number of rotatable bonds is 3. The first-order chi connectivity index (χ1) is 7.65. The molecule has 0 radical (unpaired) electrons. The van der Waals surface area contributed by atoms with Gasteiger partial charge >= 0.3 is 12.0 Å². The Labute approximate surface area is 93.4 Å². The lowest BCUT2D eigenvalue weighted by Crippen LogP contribution is -2.50. The molecule has 0 aromatic rings. The lowest BCUT2D eigenvalue weighted by molar-refractivity contribution is -0.140. The van der Waals surface area contributed by atoms with Crippen LogP contribution in [0, 0.1) is 0 Å². The van der Waals surface area contributed by atoms with Gasteiger partial charge in [-0.1, -0.05) is 0 Å². The van der Waals surface area contributed by atoms with Crippen LogP contribution in [0.25, 0.3) is 0 Å². The van der Waals surface area contributed by atoms with E-state index < -0.39 is 24.6 Å². The Balaban J connectivity index is 2.46. The summed E-state index contributed by atoms with van der Waals surface area (Å²) in [6, 6.07) is -1.67. The Morgan fingerprint density at radius 3 is 2.75 bits per heavy atom. The molecule has 7 nitrogen and oxygen atoms in total. The molecule has 1 aliphatic heterocycles. The number of hydrogen-bond donors (Lipinski definition) is 4. The molecule has 0 unspecified atom stereocenters. The van der Waals surface area contributed by atoms with E-state index in [1.54, 1.807) is 4.90 Å². The summed E-state index contributed by atoms with van der Waals surface area (Å²) in [6.07, 6.45) is 0.838. The molecule has 0 aliphatic carbocycles. The highest BCUT2D eigenvalue weighted by Crippen LogP contribution is 1.97. The number of aliphatic hydroxyl groups is 1. The molecule has 7 heteroatoms. The molecule has 0 saturated carbocycles. The number of hydrogen-bond acceptors (Lipinski definition) is 4. The summed E-state index contributed by atoms with van der Waals surface area (Å²) in [7, 11) is 0. The Kier molecular flexibility index (Phi) is 5.00. The van der Waals surface area contributed by atoms with Gasteiger partial charge < -0.3 is 25.7 Å². The molecular formula is C9H17N3O4. The Morgan fingerprint density at radius 1 is 1.38 bits per heavy atom. The monoisotopic (exact) mass is 231 g/mol. The summed E-state index contributed by atoms with van der Waals surface area (Å²) in [5.74, 6) is -1.23. The Hall–Kier alpha value is -1.34. The molecule has 2 amide bonds. The lowest BCUT2D eigenvalue weighted by Gasteiger charge is -2.22. The van der Waals surface area contributed by atoms with Gasteiger partial charge in [0, 0.05) is 19.6 Å². The number of nitrogens with one attached hydrogen (secondary N) is 2. The zero-order valence-electron chi connectivity index (χ0n) is 8.98. The standard InChI is InChI=1S/C9H17N3O4/c13-6-7(8(14)15)11-9(16)12-4-1-2-10-3-5-12/h7,10,13H,1-6H2,(H,11,16)(H,14,15)/t7-/m0/s1. The van der Waals surface area contributed by atoms with Crippen molar-refractivity contribution in [3.05, 3.63) is 0 Å². The lowest BCUT2D eigenvalue weighted by atomic mass is 10.3. The summed E-state index contributed by atoms with van der Waals surface area (Å²) in [6.45, 7) is 2.09. The SMILES string of the molecule is O=C(O)[C@H](CO)NC(=O)N1CCCNCC1. The summed E-state index contributed by atoms with van der Waals surface area (Å²) in [5.41, 5.74) is 0. The number of carbonyl (C=O) groups is 2. The van der Waals surface area contributed by atoms with Crippen LogP contribution >= 0.6 is 0 Å². The molecule has 0 aromatic carbocycles. The van der Waals surface area contributed by atoms with Gasteiger partial charge in [0.25, 0.3) is 0 Å². The van der Waals surface area contributed by atoms with Crippen LogP contribution in [0.3, 0.4) is 0 Å². The van der Waals surface area contributed by atoms with E-state index in [1.807, 2.05) is 0 Å². The fraction of sp³-hybridized carbons (Fsp3) is 0.778. The third-order valence-electron chi connectivity index (χ3n) is 2.41. The first-order valence-electron chi connectivity index (χ1n) is 5.25. The van der Waals surface area contributed by atoms with E-state index in [-0.39, 0.29) is 0 Å². The van der Waals surface area contributed by atoms with E-state index in [4.69, 9.17) is 10.2 Å². The second-order valence-corrected chi connectivity index (χ2v) is 3.61. The first kappa shape index (κ1) is 12.7. The topological polar surface area (TPSA) is 102 Å². The zero-order valence-corrected chi connectivity index (χ0v) is 8.98. The number of amides is 2. The van der Waals surface area contributed by atoms with Crippen molar-refractivity contribution in [1.82, 2.24) is 15.5 Å². The van der Waals surface area contributed by atoms with Gasteiger partial charge in [-0.25, -0.2) is 9.59 Å². The van der Waals surface area contributed by atoms with Crippen molar-refractivity contribution >= 4 is 12.0 Å². The second kappa shape index (κ2) is 6.29. The Bertz CT molecular complexity index is 251. The van der Waals surface area contributed by atoms with E-state index >= 15 is 0 Å². The molecule has 1 saturated heterocycles. The molecule has 4 N–H and O–H groups in total. The van der Waals surface area contributed by atoms with Gasteiger partial charge in [-0.15, -0.1) is 0 Å². The quantitative estimate of drug-likeness (QED) is 0.470. The van der Waals surface area contributed by atoms with E-state index in [9.17, 15) is 9.59 Å². The van der Waals surface area contributed by atoms with Crippen molar-refractivity contribution in [2.45, 2.75) is 12.5 Å². The van der Waals surface area contributed by atoms with Crippen LogP contribution in [-0.4, -0.2) is 65.9 Å². The molecule has 1 rings (SSSR count). The highest BCUT2D eigenvalue weighted by Gasteiger charge is 2.22. The maximum atomic E-state index is 11.6. The predicted molar refractivity (Wildman–Crippen MR) is 56.1 cm³/mol. The molecule has 1 aliphatic rings. The van der Waals surface area contributed by atoms with Crippen LogP contribution in [0.5, 0.6) is 0 Å². The maximum absolute atomic E-state index is 11.6. The average Bonchev–Trinajstić information content (AvgIpc) is 2.53. The van der Waals surface area contributed by atoms with Crippen molar-refractivity contribution in [3.63, 3.8) is 0 Å². The normalized spacial score (nSPS) is 18.7. The minimum absolute atomic E-state index is 0.440. The highest BCUT2D eigenvalue weighted by molar-refractivity contribution is 5.82. The van der Waals surface area contributed by atoms with E-state index in [0.717, 1.165) is 13.0 Å². The van der Waals surface area contributed by atoms with Crippen LogP contribution in [0.4, 0.5) is 4.79 Å². The van der Waals surface area contributed by atoms with Crippen molar-refractivity contribution in [1.29, 1.82) is 0 Å². The molecule has 0 aromatic heterocycles. The number of carboxylic acid groups (broad SMARTS) is 1. The number of nitrogens with zero attached hydrogens (tertiary/aromatic N) is 1. The average molecular weight is 231 g/mol. The molecule has 1 atom stereocenters. The summed E-state index contributed by atoms with van der Waals surface area (Å²) < 4.78 is 0. The van der Waals surface area contributed by atoms with Crippen LogP contribution in [0.2, 0.25) is 0 Å². The number of urea groups is 1. The van der Waals surface area contributed by atoms with Gasteiger partial charge in [-0.2, -0.15) is 0 Å². The molecule has 16 heavy (non-hydrogen) atoms. The van der Waals surface area contributed by atoms with Crippen molar-refractivity contribution in [3.8, 4) is 0 Å². The summed E-state index contributed by atoms with van der Waals surface area (Å²) in [5, 5.41) is 22.9. The molecule has 0 spiro atoms. The van der Waals surface area contributed by atoms with Gasteiger partial charge in [0.2, 0.25) is 0 Å². The van der Waals surface area contributed by atoms with Gasteiger partial charge in [0.05, 0.1) is 6.61 Å². The third-order valence-corrected chi connectivity index (χ3v) is 2.41. The van der Waals surface area contributed by atoms with Crippen LogP contribution in [0.1, 0.15) is 6.42 Å². The largest absolute Gasteiger partial charge is 0.480 e. The Morgan fingerprint density at radius 2 is 2.12 bits per heavy atom. The number of aliphatic hydroxyl groups excluding tert-OH is 1. The first-order valence-corrected chi connectivity index (χ1v) is 5.25. The maximum Gasteiger partial charge on any atom is 0.328 e.